The summed E-state index contributed by atoms with van der Waals surface area (Å²) >= 11 is 15.6. The van der Waals surface area contributed by atoms with E-state index in [1.807, 2.05) is 0 Å². The van der Waals surface area contributed by atoms with Gasteiger partial charge in [-0.05, 0) is 18.6 Å². The lowest BCUT2D eigenvalue weighted by Crippen LogP contribution is -2.31. The minimum atomic E-state index is -0.999. The predicted molar refractivity (Wildman–Crippen MR) is 97.9 cm³/mol. The molecule has 0 spiro atoms. The number of alkyl halides is 1. The summed E-state index contributed by atoms with van der Waals surface area (Å²) < 4.78 is 17.1. The molecule has 0 bridgehead atoms. The Labute approximate surface area is 160 Å². The highest BCUT2D eigenvalue weighted by molar-refractivity contribution is 9.09. The van der Waals surface area contributed by atoms with E-state index in [2.05, 4.69) is 22.9 Å². The van der Waals surface area contributed by atoms with Gasteiger partial charge in [-0.3, -0.25) is 4.79 Å². The minimum absolute atomic E-state index is 0.172. The van der Waals surface area contributed by atoms with Crippen LogP contribution < -0.4 is 0 Å². The van der Waals surface area contributed by atoms with Crippen LogP contribution in [0, 0.1) is 0 Å². The molecule has 2 rings (SSSR count). The molecule has 134 valence electrons. The van der Waals surface area contributed by atoms with Gasteiger partial charge < -0.3 is 14.2 Å². The summed E-state index contributed by atoms with van der Waals surface area (Å²) in [6.07, 6.45) is 3.06. The standard InChI is InChI=1S/C17H21BrCl2O4/c1-2-3-4-5-16(21)22-9-13-10-23-17(11-18,24-13)14-7-6-12(19)8-15(14)20/h6-8,13H,2-5,9-11H2,1H3. The van der Waals surface area contributed by atoms with Gasteiger partial charge in [-0.25, -0.2) is 0 Å². The third-order valence-corrected chi connectivity index (χ3v) is 5.08. The maximum Gasteiger partial charge on any atom is 0.305 e. The number of ether oxygens (including phenoxy) is 3. The lowest BCUT2D eigenvalue weighted by molar-refractivity contribution is -0.168. The van der Waals surface area contributed by atoms with E-state index in [0.29, 0.717) is 34.0 Å². The molecule has 0 saturated carbocycles. The van der Waals surface area contributed by atoms with E-state index in [-0.39, 0.29) is 18.7 Å². The van der Waals surface area contributed by atoms with Gasteiger partial charge in [0.1, 0.15) is 12.7 Å². The van der Waals surface area contributed by atoms with Crippen LogP contribution in [0.25, 0.3) is 0 Å². The highest BCUT2D eigenvalue weighted by Crippen LogP contribution is 2.40. The van der Waals surface area contributed by atoms with Crippen molar-refractivity contribution >= 4 is 45.1 Å². The Morgan fingerprint density at radius 1 is 1.42 bits per heavy atom. The Balaban J connectivity index is 1.93. The summed E-state index contributed by atoms with van der Waals surface area (Å²) in [6.45, 7) is 2.59. The molecule has 0 aliphatic carbocycles. The first-order chi connectivity index (χ1) is 11.5. The van der Waals surface area contributed by atoms with Crippen LogP contribution in [-0.2, 0) is 24.8 Å². The van der Waals surface area contributed by atoms with Crippen molar-refractivity contribution in [2.75, 3.05) is 18.5 Å². The SMILES string of the molecule is CCCCCC(=O)OCC1COC(CBr)(c2ccc(Cl)cc2Cl)O1. The summed E-state index contributed by atoms with van der Waals surface area (Å²) in [4.78, 5) is 11.7. The first kappa shape index (κ1) is 20.0. The molecule has 1 fully saturated rings. The number of halogens is 3. The van der Waals surface area contributed by atoms with Crippen LogP contribution in [0.15, 0.2) is 18.2 Å². The van der Waals surface area contributed by atoms with Crippen molar-refractivity contribution in [3.05, 3.63) is 33.8 Å². The predicted octanol–water partition coefficient (Wildman–Crippen LogP) is 5.08. The van der Waals surface area contributed by atoms with Crippen LogP contribution in [0.2, 0.25) is 10.0 Å². The number of carbonyl (C=O) groups excluding carboxylic acids is 1. The van der Waals surface area contributed by atoms with Crippen LogP contribution in [-0.4, -0.2) is 30.6 Å². The molecule has 2 unspecified atom stereocenters. The number of rotatable bonds is 8. The molecule has 1 aromatic rings. The van der Waals surface area contributed by atoms with Gasteiger partial charge in [-0.1, -0.05) is 65.0 Å². The Morgan fingerprint density at radius 2 is 2.21 bits per heavy atom. The van der Waals surface area contributed by atoms with Crippen molar-refractivity contribution in [2.24, 2.45) is 0 Å². The van der Waals surface area contributed by atoms with E-state index < -0.39 is 5.79 Å². The summed E-state index contributed by atoms with van der Waals surface area (Å²) in [6, 6.07) is 5.17. The van der Waals surface area contributed by atoms with E-state index in [1.165, 1.54) is 0 Å². The zero-order chi connectivity index (χ0) is 17.6. The van der Waals surface area contributed by atoms with Gasteiger partial charge in [-0.2, -0.15) is 0 Å². The van der Waals surface area contributed by atoms with Crippen LogP contribution in [0.1, 0.15) is 38.2 Å². The van der Waals surface area contributed by atoms with Crippen molar-refractivity contribution in [2.45, 2.75) is 44.5 Å². The van der Waals surface area contributed by atoms with E-state index in [4.69, 9.17) is 37.4 Å². The zero-order valence-electron chi connectivity index (χ0n) is 13.5. The summed E-state index contributed by atoms with van der Waals surface area (Å²) in [5, 5.41) is 1.42. The Hall–Kier alpha value is -0.330. The maximum absolute atomic E-state index is 11.7. The topological polar surface area (TPSA) is 44.8 Å². The molecule has 0 N–H and O–H groups in total. The normalized spacial score (nSPS) is 23.4. The fourth-order valence-electron chi connectivity index (χ4n) is 2.51. The summed E-state index contributed by atoms with van der Waals surface area (Å²) in [5.41, 5.74) is 0.696. The average Bonchev–Trinajstić information content (AvgIpc) is 2.98. The molecule has 4 nitrogen and oxygen atoms in total. The number of esters is 1. The third-order valence-electron chi connectivity index (χ3n) is 3.79. The van der Waals surface area contributed by atoms with Gasteiger partial charge >= 0.3 is 5.97 Å². The molecule has 0 aromatic heterocycles. The van der Waals surface area contributed by atoms with E-state index in [1.54, 1.807) is 18.2 Å². The van der Waals surface area contributed by atoms with Gasteiger partial charge in [0.15, 0.2) is 0 Å². The molecule has 2 atom stereocenters. The van der Waals surface area contributed by atoms with Crippen molar-refractivity contribution in [1.82, 2.24) is 0 Å². The van der Waals surface area contributed by atoms with Crippen molar-refractivity contribution < 1.29 is 19.0 Å². The number of hydrogen-bond acceptors (Lipinski definition) is 4. The second-order valence-corrected chi connectivity index (χ2v) is 7.11. The summed E-state index contributed by atoms with van der Waals surface area (Å²) in [5.74, 6) is -1.20. The minimum Gasteiger partial charge on any atom is -0.463 e. The van der Waals surface area contributed by atoms with Gasteiger partial charge in [0.05, 0.1) is 17.0 Å². The van der Waals surface area contributed by atoms with Crippen LogP contribution in [0.5, 0.6) is 0 Å². The molecule has 1 aliphatic rings. The highest BCUT2D eigenvalue weighted by atomic mass is 79.9. The molecule has 7 heteroatoms. The molecule has 1 aliphatic heterocycles. The molecule has 1 saturated heterocycles. The molecular weight excluding hydrogens is 419 g/mol. The Bertz CT molecular complexity index is 570. The van der Waals surface area contributed by atoms with Gasteiger partial charge in [0.2, 0.25) is 5.79 Å². The molecular formula is C17H21BrCl2O4. The second kappa shape index (κ2) is 9.39. The monoisotopic (exact) mass is 438 g/mol. The van der Waals surface area contributed by atoms with E-state index in [0.717, 1.165) is 19.3 Å². The summed E-state index contributed by atoms with van der Waals surface area (Å²) in [7, 11) is 0. The Morgan fingerprint density at radius 3 is 2.88 bits per heavy atom. The van der Waals surface area contributed by atoms with Crippen LogP contribution in [0.4, 0.5) is 0 Å². The molecule has 0 radical (unpaired) electrons. The van der Waals surface area contributed by atoms with E-state index in [9.17, 15) is 4.79 Å². The first-order valence-corrected chi connectivity index (χ1v) is 9.87. The number of hydrogen-bond donors (Lipinski definition) is 0. The average molecular weight is 440 g/mol. The smallest absolute Gasteiger partial charge is 0.305 e. The lowest BCUT2D eigenvalue weighted by Gasteiger charge is -2.27. The van der Waals surface area contributed by atoms with Crippen molar-refractivity contribution in [3.63, 3.8) is 0 Å². The fourth-order valence-corrected chi connectivity index (χ4v) is 3.65. The van der Waals surface area contributed by atoms with Crippen molar-refractivity contribution in [3.8, 4) is 0 Å². The maximum atomic E-state index is 11.7. The molecule has 0 amide bonds. The second-order valence-electron chi connectivity index (χ2n) is 5.70. The van der Waals surface area contributed by atoms with Gasteiger partial charge in [0, 0.05) is 17.0 Å². The Kier molecular flexibility index (Phi) is 7.82. The largest absolute Gasteiger partial charge is 0.463 e. The lowest BCUT2D eigenvalue weighted by atomic mass is 10.1. The number of carbonyl (C=O) groups is 1. The quantitative estimate of drug-likeness (QED) is 0.322. The fraction of sp³-hybridized carbons (Fsp3) is 0.588. The first-order valence-electron chi connectivity index (χ1n) is 7.99. The van der Waals surface area contributed by atoms with Gasteiger partial charge in [0.25, 0.3) is 0 Å². The van der Waals surface area contributed by atoms with Crippen LogP contribution in [0.3, 0.4) is 0 Å². The highest BCUT2D eigenvalue weighted by Gasteiger charge is 2.44. The number of benzene rings is 1. The van der Waals surface area contributed by atoms with Crippen molar-refractivity contribution in [1.29, 1.82) is 0 Å². The number of unbranched alkanes of at least 4 members (excludes halogenated alkanes) is 2. The molecule has 1 aromatic carbocycles. The molecule has 24 heavy (non-hydrogen) atoms. The van der Waals surface area contributed by atoms with E-state index >= 15 is 0 Å². The third kappa shape index (κ3) is 5.09. The van der Waals surface area contributed by atoms with Gasteiger partial charge in [-0.15, -0.1) is 0 Å². The van der Waals surface area contributed by atoms with Crippen LogP contribution >= 0.6 is 39.1 Å². The zero-order valence-corrected chi connectivity index (χ0v) is 16.6. The molecule has 1 heterocycles.